The van der Waals surface area contributed by atoms with Gasteiger partial charge in [-0.1, -0.05) is 56.2 Å². The third-order valence-corrected chi connectivity index (χ3v) is 5.67. The maximum atomic E-state index is 13.0. The number of imidazole rings is 1. The molecule has 0 bridgehead atoms. The zero-order chi connectivity index (χ0) is 24.1. The Bertz CT molecular complexity index is 1460. The average Bonchev–Trinajstić information content (AvgIpc) is 3.26. The third kappa shape index (κ3) is 4.67. The van der Waals surface area contributed by atoms with Gasteiger partial charge in [-0.15, -0.1) is 0 Å². The molecule has 2 aromatic carbocycles. The van der Waals surface area contributed by atoms with Crippen LogP contribution >= 0.6 is 12.2 Å². The fraction of sp³-hybridized carbons (Fsp3) is 0.208. The van der Waals surface area contributed by atoms with E-state index in [1.165, 1.54) is 10.9 Å². The summed E-state index contributed by atoms with van der Waals surface area (Å²) in [5.41, 5.74) is 5.57. The Morgan fingerprint density at radius 3 is 2.38 bits per heavy atom. The highest BCUT2D eigenvalue weighted by Crippen LogP contribution is 2.14. The van der Waals surface area contributed by atoms with E-state index in [9.17, 15) is 14.4 Å². The van der Waals surface area contributed by atoms with E-state index in [0.717, 1.165) is 19.3 Å². The standard InChI is InChI=1S/C24H24N6O3S/c1-2-3-9-14-29-23(33)18-13-8-7-12-17(18)20(28-29)22(32)27-26-21(31)19-15-25-24(34)30(19)16-10-5-4-6-11-16/h4-8,10-13,15H,2-3,9,14H2,1H3,(H,25,34)(H,26,31)(H,27,32). The Labute approximate surface area is 200 Å². The number of aromatic nitrogens is 4. The summed E-state index contributed by atoms with van der Waals surface area (Å²) in [5.74, 6) is -1.20. The van der Waals surface area contributed by atoms with Crippen molar-refractivity contribution < 1.29 is 9.59 Å². The fourth-order valence-electron chi connectivity index (χ4n) is 3.67. The molecule has 0 fully saturated rings. The van der Waals surface area contributed by atoms with Gasteiger partial charge in [0.1, 0.15) is 5.69 Å². The van der Waals surface area contributed by atoms with Crippen LogP contribution in [-0.4, -0.2) is 31.1 Å². The lowest BCUT2D eigenvalue weighted by atomic mass is 10.1. The van der Waals surface area contributed by atoms with Crippen molar-refractivity contribution in [3.63, 3.8) is 0 Å². The number of nitrogens with one attached hydrogen (secondary N) is 3. The number of hydrogen-bond acceptors (Lipinski definition) is 5. The van der Waals surface area contributed by atoms with Gasteiger partial charge < -0.3 is 4.98 Å². The monoisotopic (exact) mass is 476 g/mol. The summed E-state index contributed by atoms with van der Waals surface area (Å²) in [6, 6.07) is 16.0. The van der Waals surface area contributed by atoms with Crippen LogP contribution in [0.15, 0.2) is 65.6 Å². The number of hydrazine groups is 1. The predicted octanol–water partition coefficient (Wildman–Crippen LogP) is 3.51. The molecule has 174 valence electrons. The van der Waals surface area contributed by atoms with Crippen LogP contribution in [0.5, 0.6) is 0 Å². The molecule has 2 aromatic heterocycles. The average molecular weight is 477 g/mol. The Morgan fingerprint density at radius 1 is 0.971 bits per heavy atom. The van der Waals surface area contributed by atoms with Gasteiger partial charge in [0.2, 0.25) is 0 Å². The van der Waals surface area contributed by atoms with Crippen molar-refractivity contribution in [2.75, 3.05) is 0 Å². The van der Waals surface area contributed by atoms with E-state index >= 15 is 0 Å². The van der Waals surface area contributed by atoms with E-state index in [0.29, 0.717) is 27.8 Å². The number of para-hydroxylation sites is 1. The minimum absolute atomic E-state index is 0.0564. The second-order valence-electron chi connectivity index (χ2n) is 7.69. The number of H-pyrrole nitrogens is 1. The Hall–Kier alpha value is -4.05. The zero-order valence-corrected chi connectivity index (χ0v) is 19.4. The molecule has 34 heavy (non-hydrogen) atoms. The van der Waals surface area contributed by atoms with Crippen molar-refractivity contribution in [1.29, 1.82) is 0 Å². The maximum Gasteiger partial charge on any atom is 0.290 e. The normalized spacial score (nSPS) is 10.9. The van der Waals surface area contributed by atoms with E-state index in [1.807, 2.05) is 30.3 Å². The minimum Gasteiger partial charge on any atom is -0.336 e. The molecular weight excluding hydrogens is 452 g/mol. The highest BCUT2D eigenvalue weighted by atomic mass is 32.1. The van der Waals surface area contributed by atoms with E-state index in [4.69, 9.17) is 12.2 Å². The van der Waals surface area contributed by atoms with Crippen LogP contribution in [0.3, 0.4) is 0 Å². The molecule has 0 aliphatic rings. The van der Waals surface area contributed by atoms with Crippen molar-refractivity contribution >= 4 is 34.8 Å². The molecule has 10 heteroatoms. The molecule has 0 radical (unpaired) electrons. The Kier molecular flexibility index (Phi) is 6.98. The molecule has 2 heterocycles. The molecule has 4 aromatic rings. The number of hydrogen-bond donors (Lipinski definition) is 3. The number of aromatic amines is 1. The van der Waals surface area contributed by atoms with E-state index in [1.54, 1.807) is 28.8 Å². The van der Waals surface area contributed by atoms with Gasteiger partial charge in [0.15, 0.2) is 10.5 Å². The molecule has 2 amide bonds. The van der Waals surface area contributed by atoms with Crippen LogP contribution < -0.4 is 16.4 Å². The fourth-order valence-corrected chi connectivity index (χ4v) is 3.93. The lowest BCUT2D eigenvalue weighted by Gasteiger charge is -2.12. The SMILES string of the molecule is CCCCCn1nc(C(=O)NNC(=O)c2c[nH]c(=S)n2-c2ccccc2)c2ccccc2c1=O. The summed E-state index contributed by atoms with van der Waals surface area (Å²) < 4.78 is 3.22. The Balaban J connectivity index is 1.59. The maximum absolute atomic E-state index is 13.0. The van der Waals surface area contributed by atoms with Crippen LogP contribution in [-0.2, 0) is 6.54 Å². The first kappa shape index (κ1) is 23.1. The summed E-state index contributed by atoms with van der Waals surface area (Å²) in [6.45, 7) is 2.48. The highest BCUT2D eigenvalue weighted by molar-refractivity contribution is 7.71. The first-order chi connectivity index (χ1) is 16.5. The molecule has 0 spiro atoms. The topological polar surface area (TPSA) is 114 Å². The third-order valence-electron chi connectivity index (χ3n) is 5.37. The van der Waals surface area contributed by atoms with Crippen LogP contribution in [0, 0.1) is 4.77 Å². The number of unbranched alkanes of at least 4 members (excludes halogenated alkanes) is 2. The summed E-state index contributed by atoms with van der Waals surface area (Å²) >= 11 is 5.31. The van der Waals surface area contributed by atoms with Crippen molar-refractivity contribution in [3.05, 3.63) is 87.3 Å². The van der Waals surface area contributed by atoms with Crippen LogP contribution in [0.4, 0.5) is 0 Å². The van der Waals surface area contributed by atoms with Crippen LogP contribution in [0.2, 0.25) is 0 Å². The second kappa shape index (κ2) is 10.3. The molecule has 0 aliphatic carbocycles. The largest absolute Gasteiger partial charge is 0.336 e. The predicted molar refractivity (Wildman–Crippen MR) is 131 cm³/mol. The molecule has 0 saturated carbocycles. The van der Waals surface area contributed by atoms with Gasteiger partial charge in [-0.25, -0.2) is 4.68 Å². The molecule has 4 rings (SSSR count). The van der Waals surface area contributed by atoms with Gasteiger partial charge in [-0.2, -0.15) is 5.10 Å². The van der Waals surface area contributed by atoms with Gasteiger partial charge in [0.05, 0.1) is 5.39 Å². The van der Waals surface area contributed by atoms with Crippen molar-refractivity contribution in [3.8, 4) is 5.69 Å². The van der Waals surface area contributed by atoms with E-state index in [-0.39, 0.29) is 16.9 Å². The van der Waals surface area contributed by atoms with Gasteiger partial charge in [0, 0.05) is 23.8 Å². The zero-order valence-electron chi connectivity index (χ0n) is 18.6. The Morgan fingerprint density at radius 2 is 1.65 bits per heavy atom. The van der Waals surface area contributed by atoms with Crippen molar-refractivity contribution in [2.24, 2.45) is 0 Å². The number of fused-ring (bicyclic) bond motifs is 1. The molecule has 0 unspecified atom stereocenters. The van der Waals surface area contributed by atoms with E-state index in [2.05, 4.69) is 27.9 Å². The molecule has 3 N–H and O–H groups in total. The lowest BCUT2D eigenvalue weighted by molar-refractivity contribution is 0.0840. The minimum atomic E-state index is -0.630. The van der Waals surface area contributed by atoms with Crippen LogP contribution in [0.25, 0.3) is 16.5 Å². The number of carbonyl (C=O) groups is 2. The summed E-state index contributed by atoms with van der Waals surface area (Å²) in [7, 11) is 0. The first-order valence-electron chi connectivity index (χ1n) is 11.0. The summed E-state index contributed by atoms with van der Waals surface area (Å²) in [4.78, 5) is 41.5. The van der Waals surface area contributed by atoms with Crippen LogP contribution in [0.1, 0.15) is 47.2 Å². The smallest absolute Gasteiger partial charge is 0.290 e. The lowest BCUT2D eigenvalue weighted by Crippen LogP contribution is -2.43. The summed E-state index contributed by atoms with van der Waals surface area (Å²) in [5, 5.41) is 5.12. The number of carbonyl (C=O) groups excluding carboxylic acids is 2. The highest BCUT2D eigenvalue weighted by Gasteiger charge is 2.19. The number of nitrogens with zero attached hydrogens (tertiary/aromatic N) is 3. The van der Waals surface area contributed by atoms with Gasteiger partial charge in [-0.3, -0.25) is 29.8 Å². The number of amides is 2. The van der Waals surface area contributed by atoms with E-state index < -0.39 is 11.8 Å². The molecule has 0 atom stereocenters. The number of aryl methyl sites for hydroxylation is 1. The molecule has 0 saturated heterocycles. The first-order valence-corrected chi connectivity index (χ1v) is 11.4. The second-order valence-corrected chi connectivity index (χ2v) is 8.07. The number of rotatable bonds is 7. The van der Waals surface area contributed by atoms with Crippen molar-refractivity contribution in [1.82, 2.24) is 30.2 Å². The summed E-state index contributed by atoms with van der Waals surface area (Å²) in [6.07, 6.45) is 4.19. The van der Waals surface area contributed by atoms with Gasteiger partial charge in [-0.05, 0) is 36.8 Å². The molecular formula is C24H24N6O3S. The quantitative estimate of drug-likeness (QED) is 0.215. The molecule has 9 nitrogen and oxygen atoms in total. The van der Waals surface area contributed by atoms with Crippen molar-refractivity contribution in [2.45, 2.75) is 32.7 Å². The number of benzene rings is 2. The van der Waals surface area contributed by atoms with Gasteiger partial charge in [0.25, 0.3) is 17.4 Å². The molecule has 0 aliphatic heterocycles. The van der Waals surface area contributed by atoms with Gasteiger partial charge >= 0.3 is 0 Å².